The Hall–Kier alpha value is -2.24. The standard InChI is InChI=1S/C13H17NO5/c1-13(2,12(16)17)7-19-11(15)8-4-5-9(14)10(6-8)18-3/h4-6H,7,14H2,1-3H3,(H,16,17). The highest BCUT2D eigenvalue weighted by molar-refractivity contribution is 5.91. The quantitative estimate of drug-likeness (QED) is 0.620. The molecule has 0 spiro atoms. The Kier molecular flexibility index (Phi) is 4.37. The number of carbonyl (C=O) groups is 2. The maximum absolute atomic E-state index is 11.8. The molecule has 6 nitrogen and oxygen atoms in total. The number of carboxylic acids is 1. The number of benzene rings is 1. The smallest absolute Gasteiger partial charge is 0.338 e. The van der Waals surface area contributed by atoms with E-state index in [1.165, 1.54) is 39.2 Å². The van der Waals surface area contributed by atoms with Crippen molar-refractivity contribution >= 4 is 17.6 Å². The highest BCUT2D eigenvalue weighted by Gasteiger charge is 2.29. The van der Waals surface area contributed by atoms with Crippen LogP contribution in [0, 0.1) is 5.41 Å². The topological polar surface area (TPSA) is 98.8 Å². The molecule has 6 heteroatoms. The number of ether oxygens (including phenoxy) is 2. The first-order valence-corrected chi connectivity index (χ1v) is 5.62. The van der Waals surface area contributed by atoms with Gasteiger partial charge in [0.2, 0.25) is 0 Å². The molecule has 0 aliphatic carbocycles. The summed E-state index contributed by atoms with van der Waals surface area (Å²) < 4.78 is 9.97. The van der Waals surface area contributed by atoms with Crippen LogP contribution >= 0.6 is 0 Å². The summed E-state index contributed by atoms with van der Waals surface area (Å²) in [6, 6.07) is 4.47. The van der Waals surface area contributed by atoms with E-state index in [2.05, 4.69) is 0 Å². The Morgan fingerprint density at radius 3 is 2.53 bits per heavy atom. The van der Waals surface area contributed by atoms with Crippen LogP contribution in [0.25, 0.3) is 0 Å². The Labute approximate surface area is 111 Å². The molecule has 19 heavy (non-hydrogen) atoms. The second kappa shape index (κ2) is 5.60. The first kappa shape index (κ1) is 14.8. The molecule has 104 valence electrons. The van der Waals surface area contributed by atoms with E-state index >= 15 is 0 Å². The summed E-state index contributed by atoms with van der Waals surface area (Å²) in [5.74, 6) is -1.28. The predicted molar refractivity (Wildman–Crippen MR) is 69.1 cm³/mol. The summed E-state index contributed by atoms with van der Waals surface area (Å²) >= 11 is 0. The van der Waals surface area contributed by atoms with Crippen LogP contribution in [0.2, 0.25) is 0 Å². The average Bonchev–Trinajstić information content (AvgIpc) is 2.36. The highest BCUT2D eigenvalue weighted by atomic mass is 16.5. The van der Waals surface area contributed by atoms with Crippen molar-refractivity contribution in [3.8, 4) is 5.75 Å². The zero-order valence-corrected chi connectivity index (χ0v) is 11.1. The third kappa shape index (κ3) is 3.61. The fraction of sp³-hybridized carbons (Fsp3) is 0.385. The molecule has 1 aromatic rings. The Morgan fingerprint density at radius 1 is 1.37 bits per heavy atom. The van der Waals surface area contributed by atoms with Crippen LogP contribution < -0.4 is 10.5 Å². The minimum atomic E-state index is -1.13. The average molecular weight is 267 g/mol. The fourth-order valence-electron chi connectivity index (χ4n) is 1.23. The van der Waals surface area contributed by atoms with Crippen LogP contribution in [0.4, 0.5) is 5.69 Å². The van der Waals surface area contributed by atoms with Crippen LogP contribution in [0.5, 0.6) is 5.75 Å². The number of anilines is 1. The van der Waals surface area contributed by atoms with Crippen LogP contribution in [0.1, 0.15) is 24.2 Å². The van der Waals surface area contributed by atoms with Gasteiger partial charge in [0, 0.05) is 0 Å². The lowest BCUT2D eigenvalue weighted by molar-refractivity contribution is -0.149. The summed E-state index contributed by atoms with van der Waals surface area (Å²) in [6.45, 7) is 2.74. The molecule has 0 saturated heterocycles. The number of hydrogen-bond donors (Lipinski definition) is 2. The lowest BCUT2D eigenvalue weighted by Crippen LogP contribution is -2.30. The third-order valence-corrected chi connectivity index (χ3v) is 2.61. The number of rotatable bonds is 5. The van der Waals surface area contributed by atoms with Crippen molar-refractivity contribution in [3.63, 3.8) is 0 Å². The SMILES string of the molecule is COc1cc(C(=O)OCC(C)(C)C(=O)O)ccc1N. The molecule has 0 unspecified atom stereocenters. The monoisotopic (exact) mass is 267 g/mol. The first-order valence-electron chi connectivity index (χ1n) is 5.62. The van der Waals surface area contributed by atoms with Crippen molar-refractivity contribution in [2.45, 2.75) is 13.8 Å². The van der Waals surface area contributed by atoms with E-state index in [1.807, 2.05) is 0 Å². The number of nitrogens with two attached hydrogens (primary N) is 1. The minimum Gasteiger partial charge on any atom is -0.495 e. The van der Waals surface area contributed by atoms with Crippen molar-refractivity contribution in [2.24, 2.45) is 5.41 Å². The molecule has 0 aliphatic rings. The van der Waals surface area contributed by atoms with E-state index in [0.29, 0.717) is 11.4 Å². The van der Waals surface area contributed by atoms with Crippen molar-refractivity contribution in [1.29, 1.82) is 0 Å². The summed E-state index contributed by atoms with van der Waals surface area (Å²) in [6.07, 6.45) is 0. The normalized spacial score (nSPS) is 10.9. The molecule has 0 bridgehead atoms. The number of esters is 1. The van der Waals surface area contributed by atoms with E-state index in [0.717, 1.165) is 0 Å². The van der Waals surface area contributed by atoms with E-state index in [1.54, 1.807) is 0 Å². The van der Waals surface area contributed by atoms with E-state index in [9.17, 15) is 9.59 Å². The molecule has 1 aromatic carbocycles. The Morgan fingerprint density at radius 2 is 2.00 bits per heavy atom. The summed E-state index contributed by atoms with van der Waals surface area (Å²) in [7, 11) is 1.44. The van der Waals surface area contributed by atoms with Crippen LogP contribution in [0.3, 0.4) is 0 Å². The molecule has 0 atom stereocenters. The van der Waals surface area contributed by atoms with Gasteiger partial charge in [0.15, 0.2) is 0 Å². The summed E-state index contributed by atoms with van der Waals surface area (Å²) in [4.78, 5) is 22.7. The number of aliphatic carboxylic acids is 1. The number of carbonyl (C=O) groups excluding carboxylic acids is 1. The summed E-state index contributed by atoms with van der Waals surface area (Å²) in [5.41, 5.74) is 5.16. The Bertz CT molecular complexity index is 496. The van der Waals surface area contributed by atoms with Gasteiger partial charge in [-0.2, -0.15) is 0 Å². The maximum Gasteiger partial charge on any atom is 0.338 e. The van der Waals surface area contributed by atoms with Gasteiger partial charge >= 0.3 is 11.9 Å². The third-order valence-electron chi connectivity index (χ3n) is 2.61. The zero-order valence-electron chi connectivity index (χ0n) is 11.1. The molecule has 0 aliphatic heterocycles. The number of carboxylic acid groups (broad SMARTS) is 1. The van der Waals surface area contributed by atoms with Crippen molar-refractivity contribution in [1.82, 2.24) is 0 Å². The molecule has 0 saturated carbocycles. The van der Waals surface area contributed by atoms with Gasteiger partial charge < -0.3 is 20.3 Å². The minimum absolute atomic E-state index is 0.214. The largest absolute Gasteiger partial charge is 0.495 e. The van der Waals surface area contributed by atoms with Gasteiger partial charge in [-0.3, -0.25) is 4.79 Å². The van der Waals surface area contributed by atoms with Crippen LogP contribution in [-0.4, -0.2) is 30.8 Å². The van der Waals surface area contributed by atoms with Gasteiger partial charge in [-0.15, -0.1) is 0 Å². The molecule has 3 N–H and O–H groups in total. The lowest BCUT2D eigenvalue weighted by atomic mass is 9.95. The van der Waals surface area contributed by atoms with Gasteiger partial charge in [-0.25, -0.2) is 4.79 Å². The van der Waals surface area contributed by atoms with Crippen molar-refractivity contribution in [3.05, 3.63) is 23.8 Å². The van der Waals surface area contributed by atoms with Gasteiger partial charge in [0.1, 0.15) is 12.4 Å². The molecular weight excluding hydrogens is 250 g/mol. The van der Waals surface area contributed by atoms with E-state index in [-0.39, 0.29) is 12.2 Å². The second-order valence-corrected chi connectivity index (χ2v) is 4.72. The predicted octanol–water partition coefficient (Wildman–Crippen LogP) is 1.54. The van der Waals surface area contributed by atoms with Gasteiger partial charge in [-0.1, -0.05) is 0 Å². The van der Waals surface area contributed by atoms with Crippen molar-refractivity contribution < 1.29 is 24.2 Å². The molecular formula is C13H17NO5. The van der Waals surface area contributed by atoms with Crippen LogP contribution in [0.15, 0.2) is 18.2 Å². The van der Waals surface area contributed by atoms with Gasteiger partial charge in [-0.05, 0) is 32.0 Å². The molecule has 0 radical (unpaired) electrons. The lowest BCUT2D eigenvalue weighted by Gasteiger charge is -2.18. The number of nitrogen functional groups attached to an aromatic ring is 1. The zero-order chi connectivity index (χ0) is 14.6. The molecule has 1 rings (SSSR count). The maximum atomic E-state index is 11.8. The Balaban J connectivity index is 2.77. The number of hydrogen-bond acceptors (Lipinski definition) is 5. The first-order chi connectivity index (χ1) is 8.77. The molecule has 0 aromatic heterocycles. The van der Waals surface area contributed by atoms with E-state index < -0.39 is 17.4 Å². The molecule has 0 fully saturated rings. The van der Waals surface area contributed by atoms with Gasteiger partial charge in [0.05, 0.1) is 23.8 Å². The van der Waals surface area contributed by atoms with Crippen LogP contribution in [-0.2, 0) is 9.53 Å². The number of methoxy groups -OCH3 is 1. The molecule has 0 heterocycles. The van der Waals surface area contributed by atoms with E-state index in [4.69, 9.17) is 20.3 Å². The molecule has 0 amide bonds. The highest BCUT2D eigenvalue weighted by Crippen LogP contribution is 2.23. The van der Waals surface area contributed by atoms with Gasteiger partial charge in [0.25, 0.3) is 0 Å². The van der Waals surface area contributed by atoms with Crippen molar-refractivity contribution in [2.75, 3.05) is 19.5 Å². The second-order valence-electron chi connectivity index (χ2n) is 4.72. The fourth-order valence-corrected chi connectivity index (χ4v) is 1.23. The summed E-state index contributed by atoms with van der Waals surface area (Å²) in [5, 5.41) is 8.92.